The summed E-state index contributed by atoms with van der Waals surface area (Å²) in [5, 5.41) is 0. The highest BCUT2D eigenvalue weighted by Crippen LogP contribution is 2.11. The second kappa shape index (κ2) is 3.01. The number of primary amides is 1. The van der Waals surface area contributed by atoms with Gasteiger partial charge in [-0.1, -0.05) is 0 Å². The Bertz CT molecular complexity index is 161. The van der Waals surface area contributed by atoms with Crippen molar-refractivity contribution >= 4 is 17.2 Å². The Morgan fingerprint density at radius 3 is 2.00 bits per heavy atom. The van der Waals surface area contributed by atoms with Gasteiger partial charge in [0.25, 0.3) is 0 Å². The van der Waals surface area contributed by atoms with E-state index in [2.05, 4.69) is 9.92 Å². The minimum Gasteiger partial charge on any atom is -0.347 e. The lowest BCUT2D eigenvalue weighted by molar-refractivity contribution is 0.214. The topological polar surface area (TPSA) is 69.4 Å². The van der Waals surface area contributed by atoms with Gasteiger partial charge in [-0.2, -0.15) is 0 Å². The largest absolute Gasteiger partial charge is 0.418 e. The number of carbonyl (C=O) groups excluding carboxylic acids is 1. The van der Waals surface area contributed by atoms with Crippen molar-refractivity contribution in [1.29, 1.82) is 0 Å². The second-order valence-corrected chi connectivity index (χ2v) is 4.61. The molecule has 0 rings (SSSR count). The molecule has 0 aliphatic rings. The van der Waals surface area contributed by atoms with Crippen LogP contribution >= 0.6 is 0 Å². The SMILES string of the molecule is CC(C)(C)S(=O)OC(N)=O. The molecule has 2 N–H and O–H groups in total. The zero-order valence-electron chi connectivity index (χ0n) is 6.21. The van der Waals surface area contributed by atoms with Gasteiger partial charge < -0.3 is 9.92 Å². The van der Waals surface area contributed by atoms with E-state index in [4.69, 9.17) is 0 Å². The molecule has 5 heteroatoms. The molecule has 0 aromatic heterocycles. The van der Waals surface area contributed by atoms with Gasteiger partial charge in [-0.15, -0.1) is 0 Å². The van der Waals surface area contributed by atoms with Crippen molar-refractivity contribution in [2.75, 3.05) is 0 Å². The Balaban J connectivity index is 3.99. The van der Waals surface area contributed by atoms with Gasteiger partial charge in [-0.25, -0.2) is 9.00 Å². The van der Waals surface area contributed by atoms with Crippen LogP contribution in [0.3, 0.4) is 0 Å². The molecule has 0 spiro atoms. The number of carbonyl (C=O) groups is 1. The summed E-state index contributed by atoms with van der Waals surface area (Å²) in [5.41, 5.74) is 4.64. The monoisotopic (exact) mass is 165 g/mol. The van der Waals surface area contributed by atoms with Crippen molar-refractivity contribution in [3.63, 3.8) is 0 Å². The normalized spacial score (nSPS) is 14.3. The highest BCUT2D eigenvalue weighted by molar-refractivity contribution is 7.82. The van der Waals surface area contributed by atoms with E-state index in [0.29, 0.717) is 0 Å². The zero-order chi connectivity index (χ0) is 8.36. The average molecular weight is 165 g/mol. The van der Waals surface area contributed by atoms with Crippen LogP contribution in [0.25, 0.3) is 0 Å². The van der Waals surface area contributed by atoms with Gasteiger partial charge in [0, 0.05) is 0 Å². The fourth-order valence-electron chi connectivity index (χ4n) is 0.200. The van der Waals surface area contributed by atoms with Crippen molar-refractivity contribution < 1.29 is 13.2 Å². The minimum atomic E-state index is -1.64. The van der Waals surface area contributed by atoms with Gasteiger partial charge in [0.05, 0.1) is 4.75 Å². The number of hydrogen-bond donors (Lipinski definition) is 1. The van der Waals surface area contributed by atoms with Gasteiger partial charge in [0.2, 0.25) is 11.1 Å². The predicted octanol–water partition coefficient (Wildman–Crippen LogP) is 0.544. The van der Waals surface area contributed by atoms with Crippen LogP contribution in [0.5, 0.6) is 0 Å². The van der Waals surface area contributed by atoms with Gasteiger partial charge in [0.15, 0.2) is 0 Å². The maximum atomic E-state index is 10.9. The summed E-state index contributed by atoms with van der Waals surface area (Å²) in [5.74, 6) is 0. The third kappa shape index (κ3) is 3.45. The molecule has 0 saturated heterocycles. The lowest BCUT2D eigenvalue weighted by Crippen LogP contribution is -2.28. The summed E-state index contributed by atoms with van der Waals surface area (Å²) in [6.45, 7) is 5.06. The van der Waals surface area contributed by atoms with E-state index in [9.17, 15) is 9.00 Å². The number of hydrogen-bond acceptors (Lipinski definition) is 3. The second-order valence-electron chi connectivity index (χ2n) is 2.75. The summed E-state index contributed by atoms with van der Waals surface area (Å²) in [7, 11) is 0. The molecular formula is C5H11NO3S. The molecule has 1 amide bonds. The Kier molecular flexibility index (Phi) is 2.83. The van der Waals surface area contributed by atoms with Crippen LogP contribution in [-0.4, -0.2) is 15.0 Å². The Morgan fingerprint density at radius 2 is 1.90 bits per heavy atom. The highest BCUT2D eigenvalue weighted by atomic mass is 32.2. The molecule has 0 saturated carbocycles. The third-order valence-electron chi connectivity index (χ3n) is 0.658. The number of rotatable bonds is 1. The van der Waals surface area contributed by atoms with E-state index in [1.165, 1.54) is 0 Å². The van der Waals surface area contributed by atoms with E-state index in [1.807, 2.05) is 0 Å². The maximum Gasteiger partial charge on any atom is 0.418 e. The van der Waals surface area contributed by atoms with E-state index < -0.39 is 21.9 Å². The summed E-state index contributed by atoms with van der Waals surface area (Å²) in [6.07, 6.45) is -1.01. The molecule has 10 heavy (non-hydrogen) atoms. The molecule has 0 fully saturated rings. The van der Waals surface area contributed by atoms with Gasteiger partial charge in [0.1, 0.15) is 0 Å². The van der Waals surface area contributed by atoms with Crippen LogP contribution in [0.2, 0.25) is 0 Å². The maximum absolute atomic E-state index is 10.9. The Labute approximate surface area is 62.4 Å². The molecule has 4 nitrogen and oxygen atoms in total. The Morgan fingerprint density at radius 1 is 1.50 bits per heavy atom. The van der Waals surface area contributed by atoms with Crippen molar-refractivity contribution in [1.82, 2.24) is 0 Å². The van der Waals surface area contributed by atoms with Gasteiger partial charge in [-0.3, -0.25) is 0 Å². The summed E-state index contributed by atoms with van der Waals surface area (Å²) in [4.78, 5) is 10.1. The highest BCUT2D eigenvalue weighted by Gasteiger charge is 2.22. The van der Waals surface area contributed by atoms with Gasteiger partial charge >= 0.3 is 6.09 Å². The van der Waals surface area contributed by atoms with Crippen molar-refractivity contribution in [2.24, 2.45) is 5.73 Å². The standard InChI is InChI=1S/C5H11NO3S/c1-5(2,3)10(8)9-4(6)7/h1-3H3,(H2,6,7). The first-order chi connectivity index (χ1) is 4.34. The quantitative estimate of drug-likeness (QED) is 0.616. The van der Waals surface area contributed by atoms with Crippen molar-refractivity contribution in [3.05, 3.63) is 0 Å². The first-order valence-corrected chi connectivity index (χ1v) is 3.81. The molecule has 1 unspecified atom stereocenters. The minimum absolute atomic E-state index is 0.560. The first kappa shape index (κ1) is 9.42. The molecule has 0 aliphatic carbocycles. The lowest BCUT2D eigenvalue weighted by atomic mass is 10.3. The van der Waals surface area contributed by atoms with Gasteiger partial charge in [-0.05, 0) is 20.8 Å². The molecular weight excluding hydrogens is 154 g/mol. The van der Waals surface area contributed by atoms with Crippen LogP contribution in [0.15, 0.2) is 0 Å². The van der Waals surface area contributed by atoms with Crippen molar-refractivity contribution in [2.45, 2.75) is 25.5 Å². The fourth-order valence-corrected chi connectivity index (χ4v) is 0.599. The molecule has 0 radical (unpaired) electrons. The predicted molar refractivity (Wildman–Crippen MR) is 38.6 cm³/mol. The van der Waals surface area contributed by atoms with E-state index >= 15 is 0 Å². The zero-order valence-corrected chi connectivity index (χ0v) is 7.03. The van der Waals surface area contributed by atoms with Crippen molar-refractivity contribution in [3.8, 4) is 0 Å². The summed E-state index contributed by atoms with van der Waals surface area (Å²) in [6, 6.07) is 0. The third-order valence-corrected chi connectivity index (χ3v) is 1.97. The van der Waals surface area contributed by atoms with Crippen LogP contribution < -0.4 is 5.73 Å². The summed E-state index contributed by atoms with van der Waals surface area (Å²) >= 11 is -1.64. The average Bonchev–Trinajstić information content (AvgIpc) is 1.60. The van der Waals surface area contributed by atoms with Crippen LogP contribution in [-0.2, 0) is 15.3 Å². The first-order valence-electron chi connectivity index (χ1n) is 2.73. The molecule has 60 valence electrons. The number of nitrogens with two attached hydrogens (primary N) is 1. The molecule has 0 heterocycles. The van der Waals surface area contributed by atoms with E-state index in [-0.39, 0.29) is 0 Å². The number of amides is 1. The van der Waals surface area contributed by atoms with Crippen LogP contribution in [0.1, 0.15) is 20.8 Å². The Hall–Kier alpha value is -0.580. The van der Waals surface area contributed by atoms with E-state index in [1.54, 1.807) is 20.8 Å². The summed E-state index contributed by atoms with van der Waals surface area (Å²) < 4.78 is 14.5. The van der Waals surface area contributed by atoms with Crippen LogP contribution in [0.4, 0.5) is 4.79 Å². The molecule has 0 aromatic rings. The van der Waals surface area contributed by atoms with Crippen LogP contribution in [0, 0.1) is 0 Å². The molecule has 1 atom stereocenters. The lowest BCUT2D eigenvalue weighted by Gasteiger charge is -2.14. The molecule has 0 aliphatic heterocycles. The molecule has 0 bridgehead atoms. The smallest absolute Gasteiger partial charge is 0.347 e. The fraction of sp³-hybridized carbons (Fsp3) is 0.800. The molecule has 0 aromatic carbocycles. The van der Waals surface area contributed by atoms with E-state index in [0.717, 1.165) is 0 Å².